The lowest BCUT2D eigenvalue weighted by Crippen LogP contribution is -2.40. The standard InChI is InChI=1S/C13H18FN5/c1-9(15)10-4-6-18(7-5-10)13-16-12-3-2-11(14)8-19(12)17-13/h2-3,8-10H,4-7,15H2,1H3. The quantitative estimate of drug-likeness (QED) is 0.890. The van der Waals surface area contributed by atoms with Crippen LogP contribution in [0.15, 0.2) is 18.3 Å². The third-order valence-electron chi connectivity index (χ3n) is 3.85. The molecule has 1 fully saturated rings. The van der Waals surface area contributed by atoms with E-state index < -0.39 is 0 Å². The van der Waals surface area contributed by atoms with Crippen LogP contribution in [0, 0.1) is 11.7 Å². The van der Waals surface area contributed by atoms with Gasteiger partial charge < -0.3 is 10.6 Å². The van der Waals surface area contributed by atoms with Crippen LogP contribution >= 0.6 is 0 Å². The smallest absolute Gasteiger partial charge is 0.245 e. The van der Waals surface area contributed by atoms with E-state index in [-0.39, 0.29) is 11.9 Å². The third kappa shape index (κ3) is 2.40. The molecule has 5 nitrogen and oxygen atoms in total. The lowest BCUT2D eigenvalue weighted by Gasteiger charge is -2.32. The van der Waals surface area contributed by atoms with Gasteiger partial charge in [-0.1, -0.05) is 0 Å². The molecular formula is C13H18FN5. The van der Waals surface area contributed by atoms with Gasteiger partial charge >= 0.3 is 0 Å². The van der Waals surface area contributed by atoms with Crippen LogP contribution in [-0.2, 0) is 0 Å². The van der Waals surface area contributed by atoms with Crippen LogP contribution in [0.5, 0.6) is 0 Å². The van der Waals surface area contributed by atoms with Crippen molar-refractivity contribution in [3.8, 4) is 0 Å². The molecule has 0 spiro atoms. The first kappa shape index (κ1) is 12.3. The van der Waals surface area contributed by atoms with Crippen LogP contribution in [0.1, 0.15) is 19.8 Å². The second-order valence-corrected chi connectivity index (χ2v) is 5.25. The Kier molecular flexibility index (Phi) is 3.10. The first-order chi connectivity index (χ1) is 9.13. The molecule has 0 aliphatic carbocycles. The number of rotatable bonds is 2. The van der Waals surface area contributed by atoms with Gasteiger partial charge in [0.2, 0.25) is 5.95 Å². The van der Waals surface area contributed by atoms with Gasteiger partial charge in [0.1, 0.15) is 5.82 Å². The summed E-state index contributed by atoms with van der Waals surface area (Å²) in [5, 5.41) is 4.33. The number of nitrogens with zero attached hydrogens (tertiary/aromatic N) is 4. The summed E-state index contributed by atoms with van der Waals surface area (Å²) in [6, 6.07) is 3.28. The number of nitrogens with two attached hydrogens (primary N) is 1. The average Bonchev–Trinajstić information content (AvgIpc) is 2.81. The minimum absolute atomic E-state index is 0.241. The molecule has 2 aromatic heterocycles. The Morgan fingerprint density at radius 3 is 2.79 bits per heavy atom. The minimum Gasteiger partial charge on any atom is -0.339 e. The van der Waals surface area contributed by atoms with Crippen molar-refractivity contribution in [3.05, 3.63) is 24.1 Å². The summed E-state index contributed by atoms with van der Waals surface area (Å²) in [4.78, 5) is 6.57. The Hall–Kier alpha value is -1.69. The van der Waals surface area contributed by atoms with Crippen molar-refractivity contribution >= 4 is 11.6 Å². The van der Waals surface area contributed by atoms with Crippen LogP contribution < -0.4 is 10.6 Å². The zero-order valence-electron chi connectivity index (χ0n) is 11.0. The Bertz CT molecular complexity index is 571. The van der Waals surface area contributed by atoms with E-state index >= 15 is 0 Å². The lowest BCUT2D eigenvalue weighted by atomic mass is 9.91. The van der Waals surface area contributed by atoms with E-state index in [2.05, 4.69) is 21.9 Å². The molecule has 1 aliphatic heterocycles. The Morgan fingerprint density at radius 2 is 2.11 bits per heavy atom. The summed E-state index contributed by atoms with van der Waals surface area (Å²) in [6.07, 6.45) is 3.46. The van der Waals surface area contributed by atoms with E-state index in [0.29, 0.717) is 17.5 Å². The monoisotopic (exact) mass is 263 g/mol. The number of aromatic nitrogens is 3. The number of fused-ring (bicyclic) bond motifs is 1. The maximum Gasteiger partial charge on any atom is 0.245 e. The van der Waals surface area contributed by atoms with Crippen LogP contribution in [0.2, 0.25) is 0 Å². The maximum absolute atomic E-state index is 13.1. The molecular weight excluding hydrogens is 245 g/mol. The Labute approximate surface area is 111 Å². The fourth-order valence-corrected chi connectivity index (χ4v) is 2.61. The van der Waals surface area contributed by atoms with Gasteiger partial charge in [0.05, 0.1) is 6.20 Å². The van der Waals surface area contributed by atoms with Gasteiger partial charge in [-0.2, -0.15) is 4.98 Å². The molecule has 0 saturated carbocycles. The average molecular weight is 263 g/mol. The molecule has 19 heavy (non-hydrogen) atoms. The fourth-order valence-electron chi connectivity index (χ4n) is 2.61. The summed E-state index contributed by atoms with van der Waals surface area (Å²) < 4.78 is 14.6. The van der Waals surface area contributed by atoms with Crippen molar-refractivity contribution in [1.29, 1.82) is 0 Å². The van der Waals surface area contributed by atoms with Gasteiger partial charge in [-0.15, -0.1) is 5.10 Å². The molecule has 0 amide bonds. The van der Waals surface area contributed by atoms with Crippen LogP contribution in [0.4, 0.5) is 10.3 Å². The molecule has 2 N–H and O–H groups in total. The number of hydrogen-bond donors (Lipinski definition) is 1. The fraction of sp³-hybridized carbons (Fsp3) is 0.538. The highest BCUT2D eigenvalue weighted by atomic mass is 19.1. The predicted octanol–water partition coefficient (Wildman–Crippen LogP) is 1.43. The van der Waals surface area contributed by atoms with Crippen molar-refractivity contribution in [2.24, 2.45) is 11.7 Å². The van der Waals surface area contributed by atoms with Gasteiger partial charge in [-0.25, -0.2) is 8.91 Å². The summed E-state index contributed by atoms with van der Waals surface area (Å²) in [5.74, 6) is 0.944. The Morgan fingerprint density at radius 1 is 1.37 bits per heavy atom. The van der Waals surface area contributed by atoms with Crippen molar-refractivity contribution < 1.29 is 4.39 Å². The maximum atomic E-state index is 13.1. The van der Waals surface area contributed by atoms with E-state index in [1.54, 1.807) is 6.07 Å². The van der Waals surface area contributed by atoms with Crippen LogP contribution in [0.25, 0.3) is 5.65 Å². The molecule has 0 radical (unpaired) electrons. The normalized spacial score (nSPS) is 19.0. The number of anilines is 1. The molecule has 0 aromatic carbocycles. The molecule has 1 aliphatic rings. The summed E-state index contributed by atoms with van der Waals surface area (Å²) in [5.41, 5.74) is 6.61. The van der Waals surface area contributed by atoms with Crippen LogP contribution in [-0.4, -0.2) is 33.7 Å². The van der Waals surface area contributed by atoms with Gasteiger partial charge in [0.25, 0.3) is 0 Å². The molecule has 3 rings (SSSR count). The summed E-state index contributed by atoms with van der Waals surface area (Å²) in [6.45, 7) is 3.88. The largest absolute Gasteiger partial charge is 0.339 e. The molecule has 1 saturated heterocycles. The first-order valence-corrected chi connectivity index (χ1v) is 6.66. The molecule has 1 unspecified atom stereocenters. The summed E-state index contributed by atoms with van der Waals surface area (Å²) in [7, 11) is 0. The zero-order valence-corrected chi connectivity index (χ0v) is 11.0. The topological polar surface area (TPSA) is 59.5 Å². The number of pyridine rings is 1. The van der Waals surface area contributed by atoms with E-state index in [1.165, 1.54) is 16.8 Å². The van der Waals surface area contributed by atoms with E-state index in [1.807, 2.05) is 0 Å². The molecule has 1 atom stereocenters. The van der Waals surface area contributed by atoms with Crippen molar-refractivity contribution in [3.63, 3.8) is 0 Å². The van der Waals surface area contributed by atoms with E-state index in [0.717, 1.165) is 25.9 Å². The predicted molar refractivity (Wildman–Crippen MR) is 71.5 cm³/mol. The second-order valence-electron chi connectivity index (χ2n) is 5.25. The van der Waals surface area contributed by atoms with Gasteiger partial charge in [-0.05, 0) is 37.8 Å². The third-order valence-corrected chi connectivity index (χ3v) is 3.85. The number of piperidine rings is 1. The molecule has 0 bridgehead atoms. The van der Waals surface area contributed by atoms with Crippen molar-refractivity contribution in [1.82, 2.24) is 14.6 Å². The second kappa shape index (κ2) is 4.77. The first-order valence-electron chi connectivity index (χ1n) is 6.66. The molecule has 2 aromatic rings. The Balaban J connectivity index is 1.78. The van der Waals surface area contributed by atoms with E-state index in [9.17, 15) is 4.39 Å². The number of halogens is 1. The summed E-state index contributed by atoms with van der Waals surface area (Å²) >= 11 is 0. The number of hydrogen-bond acceptors (Lipinski definition) is 4. The SMILES string of the molecule is CC(N)C1CCN(c2nc3ccc(F)cn3n2)CC1. The molecule has 6 heteroatoms. The highest BCUT2D eigenvalue weighted by Gasteiger charge is 2.24. The van der Waals surface area contributed by atoms with Crippen LogP contribution in [0.3, 0.4) is 0 Å². The lowest BCUT2D eigenvalue weighted by molar-refractivity contribution is 0.352. The highest BCUT2D eigenvalue weighted by molar-refractivity contribution is 5.44. The highest BCUT2D eigenvalue weighted by Crippen LogP contribution is 2.22. The van der Waals surface area contributed by atoms with Crippen molar-refractivity contribution in [2.45, 2.75) is 25.8 Å². The molecule has 102 valence electrons. The van der Waals surface area contributed by atoms with Crippen molar-refractivity contribution in [2.75, 3.05) is 18.0 Å². The van der Waals surface area contributed by atoms with E-state index in [4.69, 9.17) is 5.73 Å². The van der Waals surface area contributed by atoms with Gasteiger partial charge in [0.15, 0.2) is 5.65 Å². The van der Waals surface area contributed by atoms with Gasteiger partial charge in [0, 0.05) is 19.1 Å². The molecule has 3 heterocycles. The zero-order chi connectivity index (χ0) is 13.4. The minimum atomic E-state index is -0.306. The van der Waals surface area contributed by atoms with Gasteiger partial charge in [-0.3, -0.25) is 0 Å².